The zero-order valence-corrected chi connectivity index (χ0v) is 22.8. The maximum absolute atomic E-state index is 15.3. The van der Waals surface area contributed by atoms with Gasteiger partial charge < -0.3 is 25.0 Å². The standard InChI is InChI=1S/C32H35F2N3O3/c1-4-27(23-10-12-24(33)13-11-23)28-14-15-29-30(34)18-26(19-31(29)37(3)32(28)36-21-38)39-17-7-16-35-20-22(2)40-25-8-5-6-9-25/h10-15,18-19,21,25,35H,1-2,5-9,16-17,20H2,3H3,(H,36,38). The third kappa shape index (κ3) is 7.08. The molecule has 6 nitrogen and oxygen atoms in total. The van der Waals surface area contributed by atoms with Gasteiger partial charge in [0, 0.05) is 35.9 Å². The van der Waals surface area contributed by atoms with Crippen LogP contribution in [0, 0.1) is 11.6 Å². The molecule has 0 spiro atoms. The fourth-order valence-corrected chi connectivity index (χ4v) is 4.95. The molecule has 0 bridgehead atoms. The third-order valence-electron chi connectivity index (χ3n) is 6.95. The van der Waals surface area contributed by atoms with Crippen LogP contribution in [0.25, 0.3) is 11.6 Å². The molecular weight excluding hydrogens is 512 g/mol. The Bertz CT molecular complexity index is 1340. The van der Waals surface area contributed by atoms with Gasteiger partial charge in [0.05, 0.1) is 24.9 Å². The van der Waals surface area contributed by atoms with E-state index in [-0.39, 0.29) is 5.82 Å². The summed E-state index contributed by atoms with van der Waals surface area (Å²) in [6.07, 6.45) is 9.49. The molecule has 1 fully saturated rings. The number of ether oxygens (including phenoxy) is 2. The van der Waals surface area contributed by atoms with E-state index in [0.29, 0.717) is 78.2 Å². The summed E-state index contributed by atoms with van der Waals surface area (Å²) in [6, 6.07) is 8.94. The predicted molar refractivity (Wildman–Crippen MR) is 154 cm³/mol. The lowest BCUT2D eigenvalue weighted by molar-refractivity contribution is -0.109. The quantitative estimate of drug-likeness (QED) is 0.138. The molecule has 0 saturated heterocycles. The van der Waals surface area contributed by atoms with Crippen LogP contribution in [-0.2, 0) is 9.53 Å². The number of hydrogen-bond acceptors (Lipinski definition) is 5. The molecule has 1 aliphatic heterocycles. The Hall–Kier alpha value is -4.13. The van der Waals surface area contributed by atoms with Gasteiger partial charge >= 0.3 is 0 Å². The minimum atomic E-state index is -0.466. The highest BCUT2D eigenvalue weighted by atomic mass is 19.1. The molecule has 1 heterocycles. The minimum absolute atomic E-state index is 0.296. The van der Waals surface area contributed by atoms with E-state index in [2.05, 4.69) is 29.5 Å². The molecule has 1 saturated carbocycles. The van der Waals surface area contributed by atoms with Crippen LogP contribution in [-0.4, -0.2) is 39.3 Å². The summed E-state index contributed by atoms with van der Waals surface area (Å²) in [5.41, 5.74) is 5.44. The molecule has 0 atom stereocenters. The molecule has 0 aromatic heterocycles. The highest BCUT2D eigenvalue weighted by molar-refractivity contribution is 5.88. The number of carbonyl (C=O) groups excluding carboxylic acids is 1. The van der Waals surface area contributed by atoms with E-state index in [1.54, 1.807) is 42.3 Å². The maximum atomic E-state index is 15.3. The van der Waals surface area contributed by atoms with Crippen molar-refractivity contribution in [3.63, 3.8) is 0 Å². The van der Waals surface area contributed by atoms with Crippen molar-refractivity contribution in [1.29, 1.82) is 0 Å². The van der Waals surface area contributed by atoms with Gasteiger partial charge in [0.2, 0.25) is 6.41 Å². The Balaban J connectivity index is 1.43. The first kappa shape index (κ1) is 28.9. The molecule has 2 aromatic carbocycles. The minimum Gasteiger partial charge on any atom is -0.494 e. The first-order chi connectivity index (χ1) is 19.4. The Morgan fingerprint density at radius 2 is 1.93 bits per heavy atom. The Labute approximate surface area is 234 Å². The second kappa shape index (κ2) is 13.8. The molecule has 0 unspecified atom stereocenters. The summed E-state index contributed by atoms with van der Waals surface area (Å²) < 4.78 is 40.5. The van der Waals surface area contributed by atoms with Gasteiger partial charge in [-0.1, -0.05) is 25.3 Å². The molecule has 2 aromatic rings. The lowest BCUT2D eigenvalue weighted by Crippen LogP contribution is -2.29. The number of rotatable bonds is 13. The Morgan fingerprint density at radius 3 is 2.62 bits per heavy atom. The zero-order chi connectivity index (χ0) is 28.5. The fraction of sp³-hybridized carbons (Fsp3) is 0.312. The molecular formula is C32H35F2N3O3. The molecule has 8 heteroatoms. The van der Waals surface area contributed by atoms with Gasteiger partial charge in [-0.3, -0.25) is 4.79 Å². The lowest BCUT2D eigenvalue weighted by Gasteiger charge is -2.25. The van der Waals surface area contributed by atoms with Crippen LogP contribution in [0.5, 0.6) is 5.75 Å². The van der Waals surface area contributed by atoms with Crippen molar-refractivity contribution in [3.8, 4) is 5.75 Å². The van der Waals surface area contributed by atoms with Gasteiger partial charge in [-0.05, 0) is 68.5 Å². The van der Waals surface area contributed by atoms with E-state index in [1.807, 2.05) is 0 Å². The number of benzene rings is 2. The summed E-state index contributed by atoms with van der Waals surface area (Å²) in [5, 5.41) is 6.02. The molecule has 4 rings (SSSR count). The van der Waals surface area contributed by atoms with Crippen LogP contribution in [0.2, 0.25) is 0 Å². The first-order valence-electron chi connectivity index (χ1n) is 13.5. The van der Waals surface area contributed by atoms with E-state index in [1.165, 1.54) is 31.0 Å². The molecule has 0 radical (unpaired) electrons. The number of nitrogens with zero attached hydrogens (tertiary/aromatic N) is 1. The number of amides is 1. The maximum Gasteiger partial charge on any atom is 0.212 e. The van der Waals surface area contributed by atoms with Crippen molar-refractivity contribution >= 4 is 23.7 Å². The second-order valence-corrected chi connectivity index (χ2v) is 9.76. The van der Waals surface area contributed by atoms with Gasteiger partial charge in [0.15, 0.2) is 0 Å². The largest absolute Gasteiger partial charge is 0.494 e. The second-order valence-electron chi connectivity index (χ2n) is 9.76. The molecule has 2 N–H and O–H groups in total. The number of hydrogen-bond donors (Lipinski definition) is 2. The van der Waals surface area contributed by atoms with Crippen molar-refractivity contribution in [2.24, 2.45) is 0 Å². The van der Waals surface area contributed by atoms with E-state index in [9.17, 15) is 9.18 Å². The van der Waals surface area contributed by atoms with Crippen molar-refractivity contribution in [2.75, 3.05) is 31.6 Å². The van der Waals surface area contributed by atoms with Crippen molar-refractivity contribution < 1.29 is 23.0 Å². The predicted octanol–water partition coefficient (Wildman–Crippen LogP) is 6.09. The average molecular weight is 548 g/mol. The van der Waals surface area contributed by atoms with Crippen LogP contribution in [0.4, 0.5) is 14.5 Å². The van der Waals surface area contributed by atoms with Gasteiger partial charge in [-0.15, -0.1) is 5.73 Å². The molecule has 210 valence electrons. The van der Waals surface area contributed by atoms with Crippen LogP contribution in [0.15, 0.2) is 78.5 Å². The normalized spacial score (nSPS) is 14.8. The van der Waals surface area contributed by atoms with Gasteiger partial charge in [-0.2, -0.15) is 0 Å². The van der Waals surface area contributed by atoms with Crippen LogP contribution >= 0.6 is 0 Å². The molecule has 2 aliphatic rings. The zero-order valence-electron chi connectivity index (χ0n) is 22.8. The third-order valence-corrected chi connectivity index (χ3v) is 6.95. The van der Waals surface area contributed by atoms with Gasteiger partial charge in [-0.25, -0.2) is 8.78 Å². The van der Waals surface area contributed by atoms with Gasteiger partial charge in [0.1, 0.15) is 29.0 Å². The Morgan fingerprint density at radius 1 is 1.18 bits per heavy atom. The van der Waals surface area contributed by atoms with Crippen molar-refractivity contribution in [1.82, 2.24) is 10.6 Å². The van der Waals surface area contributed by atoms with E-state index in [4.69, 9.17) is 9.47 Å². The van der Waals surface area contributed by atoms with E-state index < -0.39 is 5.82 Å². The first-order valence-corrected chi connectivity index (χ1v) is 13.5. The summed E-state index contributed by atoms with van der Waals surface area (Å²) in [7, 11) is 1.72. The molecule has 40 heavy (non-hydrogen) atoms. The van der Waals surface area contributed by atoms with Crippen LogP contribution in [0.1, 0.15) is 43.2 Å². The van der Waals surface area contributed by atoms with Crippen LogP contribution < -0.4 is 20.3 Å². The number of allylic oxidation sites excluding steroid dienone is 3. The number of halogens is 2. The number of anilines is 1. The van der Waals surface area contributed by atoms with E-state index >= 15 is 4.39 Å². The topological polar surface area (TPSA) is 62.8 Å². The van der Waals surface area contributed by atoms with Crippen LogP contribution in [0.3, 0.4) is 0 Å². The van der Waals surface area contributed by atoms with Gasteiger partial charge in [0.25, 0.3) is 0 Å². The molecule has 1 aliphatic carbocycles. The fourth-order valence-electron chi connectivity index (χ4n) is 4.95. The Kier molecular flexibility index (Phi) is 9.95. The SMILES string of the molecule is C=C=C(C1=C(NC=O)N(C)c2cc(OCCCNCC(=C)OC3CCCC3)cc(F)c2C=C1)c1ccc(F)cc1. The highest BCUT2D eigenvalue weighted by Gasteiger charge is 2.23. The monoisotopic (exact) mass is 547 g/mol. The van der Waals surface area contributed by atoms with Crippen molar-refractivity contribution in [3.05, 3.63) is 101 Å². The summed E-state index contributed by atoms with van der Waals surface area (Å²) >= 11 is 0. The van der Waals surface area contributed by atoms with Crippen molar-refractivity contribution in [2.45, 2.75) is 38.2 Å². The number of nitrogens with one attached hydrogen (secondary N) is 2. The van der Waals surface area contributed by atoms with E-state index in [0.717, 1.165) is 18.6 Å². The lowest BCUT2D eigenvalue weighted by atomic mass is 9.97. The molecule has 1 amide bonds. The smallest absolute Gasteiger partial charge is 0.212 e. The summed E-state index contributed by atoms with van der Waals surface area (Å²) in [5.74, 6) is 0.667. The number of fused-ring (bicyclic) bond motifs is 1. The highest BCUT2D eigenvalue weighted by Crippen LogP contribution is 2.37. The average Bonchev–Trinajstić information content (AvgIpc) is 3.41. The number of carbonyl (C=O) groups is 1. The summed E-state index contributed by atoms with van der Waals surface area (Å²) in [6.45, 7) is 9.44. The summed E-state index contributed by atoms with van der Waals surface area (Å²) in [4.78, 5) is 13.2.